The van der Waals surface area contributed by atoms with Crippen LogP contribution in [0.15, 0.2) is 36.5 Å². The predicted octanol–water partition coefficient (Wildman–Crippen LogP) is 3.07. The highest BCUT2D eigenvalue weighted by Crippen LogP contribution is 2.24. The normalized spacial score (nSPS) is 12.2. The Kier molecular flexibility index (Phi) is 4.69. The number of hydrogen-bond donors (Lipinski definition) is 1. The maximum atomic E-state index is 13.8. The van der Waals surface area contributed by atoms with Crippen LogP contribution in [0.3, 0.4) is 0 Å². The second kappa shape index (κ2) is 6.48. The summed E-state index contributed by atoms with van der Waals surface area (Å²) >= 11 is 0. The van der Waals surface area contributed by atoms with Crippen LogP contribution < -0.4 is 4.74 Å². The van der Waals surface area contributed by atoms with Crippen molar-refractivity contribution in [2.45, 2.75) is 25.9 Å². The van der Waals surface area contributed by atoms with Crippen LogP contribution >= 0.6 is 0 Å². The standard InChI is InChI=1S/C16H18FNO2/c1-3-11-4-5-12(18-10-11)8-16(19)14-7-6-13(20-2)9-15(14)17/h4-7,9-10,16,19H,3,8H2,1-2H3. The van der Waals surface area contributed by atoms with Crippen LogP contribution in [0.5, 0.6) is 5.75 Å². The number of aryl methyl sites for hydroxylation is 1. The number of halogens is 1. The van der Waals surface area contributed by atoms with Crippen molar-refractivity contribution >= 4 is 0 Å². The average molecular weight is 275 g/mol. The summed E-state index contributed by atoms with van der Waals surface area (Å²) in [7, 11) is 1.48. The average Bonchev–Trinajstić information content (AvgIpc) is 2.47. The number of rotatable bonds is 5. The molecule has 0 radical (unpaired) electrons. The van der Waals surface area contributed by atoms with E-state index in [0.717, 1.165) is 17.7 Å². The molecule has 1 heterocycles. The number of hydrogen-bond acceptors (Lipinski definition) is 3. The van der Waals surface area contributed by atoms with Crippen LogP contribution in [0.1, 0.15) is 29.8 Å². The highest BCUT2D eigenvalue weighted by Gasteiger charge is 2.14. The molecule has 0 spiro atoms. The lowest BCUT2D eigenvalue weighted by Crippen LogP contribution is -2.06. The molecule has 0 aliphatic heterocycles. The van der Waals surface area contributed by atoms with Gasteiger partial charge in [0.2, 0.25) is 0 Å². The Hall–Kier alpha value is -1.94. The summed E-state index contributed by atoms with van der Waals surface area (Å²) in [6, 6.07) is 8.28. The van der Waals surface area contributed by atoms with Gasteiger partial charge >= 0.3 is 0 Å². The molecule has 1 unspecified atom stereocenters. The highest BCUT2D eigenvalue weighted by atomic mass is 19.1. The van der Waals surface area contributed by atoms with Gasteiger partial charge in [-0.25, -0.2) is 4.39 Å². The Morgan fingerprint density at radius 1 is 1.30 bits per heavy atom. The van der Waals surface area contributed by atoms with Crippen molar-refractivity contribution in [2.75, 3.05) is 7.11 Å². The van der Waals surface area contributed by atoms with E-state index in [1.807, 2.05) is 12.1 Å². The summed E-state index contributed by atoms with van der Waals surface area (Å²) in [4.78, 5) is 4.27. The molecule has 2 aromatic rings. The largest absolute Gasteiger partial charge is 0.497 e. The van der Waals surface area contributed by atoms with Crippen molar-refractivity contribution in [3.63, 3.8) is 0 Å². The number of aromatic nitrogens is 1. The number of nitrogens with zero attached hydrogens (tertiary/aromatic N) is 1. The third kappa shape index (κ3) is 3.33. The fraction of sp³-hybridized carbons (Fsp3) is 0.312. The molecule has 3 nitrogen and oxygen atoms in total. The molecule has 1 atom stereocenters. The van der Waals surface area contributed by atoms with Crippen LogP contribution in [0.25, 0.3) is 0 Å². The molecule has 0 aliphatic carbocycles. The van der Waals surface area contributed by atoms with Crippen LogP contribution in [0.2, 0.25) is 0 Å². The molecule has 0 amide bonds. The van der Waals surface area contributed by atoms with Crippen molar-refractivity contribution in [3.8, 4) is 5.75 Å². The van der Waals surface area contributed by atoms with E-state index in [1.54, 1.807) is 18.3 Å². The van der Waals surface area contributed by atoms with Gasteiger partial charge in [-0.15, -0.1) is 0 Å². The first kappa shape index (κ1) is 14.5. The molecular weight excluding hydrogens is 257 g/mol. The van der Waals surface area contributed by atoms with Crippen molar-refractivity contribution in [2.24, 2.45) is 0 Å². The zero-order valence-corrected chi connectivity index (χ0v) is 11.6. The predicted molar refractivity (Wildman–Crippen MR) is 75.2 cm³/mol. The minimum absolute atomic E-state index is 0.257. The van der Waals surface area contributed by atoms with E-state index in [4.69, 9.17) is 4.74 Å². The first-order valence-electron chi connectivity index (χ1n) is 6.59. The van der Waals surface area contributed by atoms with Crippen molar-refractivity contribution < 1.29 is 14.2 Å². The molecule has 0 bridgehead atoms. The van der Waals surface area contributed by atoms with Crippen LogP contribution in [0, 0.1) is 5.82 Å². The van der Waals surface area contributed by atoms with Gasteiger partial charge in [-0.3, -0.25) is 4.98 Å². The molecule has 1 aromatic carbocycles. The third-order valence-corrected chi connectivity index (χ3v) is 3.26. The summed E-state index contributed by atoms with van der Waals surface area (Å²) < 4.78 is 18.8. The van der Waals surface area contributed by atoms with Crippen LogP contribution in [0.4, 0.5) is 4.39 Å². The lowest BCUT2D eigenvalue weighted by Gasteiger charge is -2.12. The molecule has 2 rings (SSSR count). The second-order valence-corrected chi connectivity index (χ2v) is 4.62. The van der Waals surface area contributed by atoms with E-state index in [-0.39, 0.29) is 12.0 Å². The number of ether oxygens (including phenoxy) is 1. The summed E-state index contributed by atoms with van der Waals surface area (Å²) in [5.74, 6) is -0.0362. The first-order chi connectivity index (χ1) is 9.63. The topological polar surface area (TPSA) is 42.4 Å². The van der Waals surface area contributed by atoms with Gasteiger partial charge in [-0.2, -0.15) is 0 Å². The molecule has 1 aromatic heterocycles. The molecule has 4 heteroatoms. The van der Waals surface area contributed by atoms with E-state index in [1.165, 1.54) is 13.2 Å². The Morgan fingerprint density at radius 2 is 2.10 bits per heavy atom. The first-order valence-corrected chi connectivity index (χ1v) is 6.59. The summed E-state index contributed by atoms with van der Waals surface area (Å²) in [5.41, 5.74) is 2.14. The van der Waals surface area contributed by atoms with E-state index in [2.05, 4.69) is 11.9 Å². The molecule has 0 saturated heterocycles. The number of benzene rings is 1. The van der Waals surface area contributed by atoms with Gasteiger partial charge in [-0.05, 0) is 30.2 Å². The third-order valence-electron chi connectivity index (χ3n) is 3.26. The van der Waals surface area contributed by atoms with E-state index < -0.39 is 11.9 Å². The van der Waals surface area contributed by atoms with Crippen molar-refractivity contribution in [1.82, 2.24) is 4.98 Å². The van der Waals surface area contributed by atoms with E-state index in [0.29, 0.717) is 5.75 Å². The van der Waals surface area contributed by atoms with Gasteiger partial charge in [0.05, 0.1) is 13.2 Å². The summed E-state index contributed by atoms with van der Waals surface area (Å²) in [6.07, 6.45) is 2.07. The van der Waals surface area contributed by atoms with Gasteiger partial charge in [0.15, 0.2) is 0 Å². The van der Waals surface area contributed by atoms with Gasteiger partial charge in [0.25, 0.3) is 0 Å². The zero-order chi connectivity index (χ0) is 14.5. The van der Waals surface area contributed by atoms with Gasteiger partial charge in [-0.1, -0.05) is 13.0 Å². The van der Waals surface area contributed by atoms with E-state index in [9.17, 15) is 9.50 Å². The maximum Gasteiger partial charge on any atom is 0.132 e. The Bertz CT molecular complexity index is 569. The van der Waals surface area contributed by atoms with Gasteiger partial charge < -0.3 is 9.84 Å². The number of aliphatic hydroxyl groups excluding tert-OH is 1. The van der Waals surface area contributed by atoms with Crippen molar-refractivity contribution in [1.29, 1.82) is 0 Å². The van der Waals surface area contributed by atoms with Gasteiger partial charge in [0, 0.05) is 29.9 Å². The fourth-order valence-electron chi connectivity index (χ4n) is 2.00. The molecular formula is C16H18FNO2. The molecule has 1 N–H and O–H groups in total. The quantitative estimate of drug-likeness (QED) is 0.912. The number of pyridine rings is 1. The molecule has 0 saturated carbocycles. The van der Waals surface area contributed by atoms with Crippen LogP contribution in [-0.2, 0) is 12.8 Å². The monoisotopic (exact) mass is 275 g/mol. The fourth-order valence-corrected chi connectivity index (χ4v) is 2.00. The molecule has 0 fully saturated rings. The Balaban J connectivity index is 2.12. The maximum absolute atomic E-state index is 13.8. The van der Waals surface area contributed by atoms with Crippen LogP contribution in [-0.4, -0.2) is 17.2 Å². The minimum Gasteiger partial charge on any atom is -0.497 e. The zero-order valence-electron chi connectivity index (χ0n) is 11.6. The Labute approximate surface area is 118 Å². The Morgan fingerprint density at radius 3 is 2.65 bits per heavy atom. The van der Waals surface area contributed by atoms with Crippen molar-refractivity contribution in [3.05, 3.63) is 59.2 Å². The van der Waals surface area contributed by atoms with Gasteiger partial charge in [0.1, 0.15) is 11.6 Å². The lowest BCUT2D eigenvalue weighted by molar-refractivity contribution is 0.172. The van der Waals surface area contributed by atoms with E-state index >= 15 is 0 Å². The molecule has 0 aliphatic rings. The second-order valence-electron chi connectivity index (χ2n) is 4.62. The SMILES string of the molecule is CCc1ccc(CC(O)c2ccc(OC)cc2F)nc1. The number of aliphatic hydroxyl groups is 1. The molecule has 106 valence electrons. The number of methoxy groups -OCH3 is 1. The summed E-state index contributed by atoms with van der Waals surface area (Å²) in [5, 5.41) is 10.1. The molecule has 20 heavy (non-hydrogen) atoms. The smallest absolute Gasteiger partial charge is 0.132 e. The highest BCUT2D eigenvalue weighted by molar-refractivity contribution is 5.30. The lowest BCUT2D eigenvalue weighted by atomic mass is 10.0. The minimum atomic E-state index is -0.916. The summed E-state index contributed by atoms with van der Waals surface area (Å²) in [6.45, 7) is 2.05.